The maximum Gasteiger partial charge on any atom is 0.336 e. The molecule has 0 amide bonds. The van der Waals surface area contributed by atoms with Crippen molar-refractivity contribution < 1.29 is 27.4 Å². The van der Waals surface area contributed by atoms with Crippen molar-refractivity contribution in [1.29, 1.82) is 5.26 Å². The van der Waals surface area contributed by atoms with Gasteiger partial charge in [-0.25, -0.2) is 22.3 Å². The van der Waals surface area contributed by atoms with E-state index >= 15 is 0 Å². The number of halogens is 1. The number of esters is 1. The second-order valence-corrected chi connectivity index (χ2v) is 5.35. The molecule has 0 saturated heterocycles. The quantitative estimate of drug-likeness (QED) is 0.709. The zero-order valence-corrected chi connectivity index (χ0v) is 11.1. The topological polar surface area (TPSA) is 116 Å². The molecule has 0 heterocycles. The van der Waals surface area contributed by atoms with Gasteiger partial charge in [0.1, 0.15) is 22.3 Å². The summed E-state index contributed by atoms with van der Waals surface area (Å²) in [7, 11) is -3.21. The van der Waals surface area contributed by atoms with Crippen LogP contribution in [0.15, 0.2) is 23.1 Å². The van der Waals surface area contributed by atoms with E-state index in [1.54, 1.807) is 0 Å². The van der Waals surface area contributed by atoms with Crippen LogP contribution in [-0.4, -0.2) is 39.3 Å². The Balaban J connectivity index is 2.99. The lowest BCUT2D eigenvalue weighted by atomic mass is 10.2. The highest BCUT2D eigenvalue weighted by Crippen LogP contribution is 2.17. The number of nitriles is 1. The van der Waals surface area contributed by atoms with Gasteiger partial charge in [-0.15, -0.1) is 0 Å². The molecule has 0 fully saturated rings. The van der Waals surface area contributed by atoms with Crippen LogP contribution in [0, 0.1) is 17.1 Å². The van der Waals surface area contributed by atoms with E-state index in [1.165, 1.54) is 6.07 Å². The maximum atomic E-state index is 13.3. The van der Waals surface area contributed by atoms with Crippen molar-refractivity contribution in [2.45, 2.75) is 11.0 Å². The van der Waals surface area contributed by atoms with Crippen LogP contribution in [0.1, 0.15) is 5.56 Å². The summed E-state index contributed by atoms with van der Waals surface area (Å²) >= 11 is 0. The van der Waals surface area contributed by atoms with E-state index in [2.05, 4.69) is 4.74 Å². The maximum absolute atomic E-state index is 13.3. The number of ether oxygens (including phenoxy) is 1. The molecule has 0 saturated carbocycles. The molecule has 1 atom stereocenters. The van der Waals surface area contributed by atoms with Gasteiger partial charge >= 0.3 is 5.97 Å². The lowest BCUT2D eigenvalue weighted by Crippen LogP contribution is -2.37. The SMILES string of the molecule is COC(=O)C(O)CNS(=O)(=O)c1cccc(F)c1C#N. The lowest BCUT2D eigenvalue weighted by molar-refractivity contribution is -0.149. The molecule has 1 aromatic rings. The number of nitrogens with zero attached hydrogens (tertiary/aromatic N) is 1. The Morgan fingerprint density at radius 2 is 2.25 bits per heavy atom. The van der Waals surface area contributed by atoms with E-state index in [-0.39, 0.29) is 0 Å². The van der Waals surface area contributed by atoms with Crippen molar-refractivity contribution in [3.63, 3.8) is 0 Å². The third-order valence-corrected chi connectivity index (χ3v) is 3.78. The molecule has 0 bridgehead atoms. The predicted molar refractivity (Wildman–Crippen MR) is 64.3 cm³/mol. The Morgan fingerprint density at radius 1 is 1.60 bits per heavy atom. The molecule has 0 aliphatic carbocycles. The summed E-state index contributed by atoms with van der Waals surface area (Å²) in [4.78, 5) is 10.4. The summed E-state index contributed by atoms with van der Waals surface area (Å²) in [6, 6.07) is 4.55. The zero-order chi connectivity index (χ0) is 15.3. The predicted octanol–water partition coefficient (Wildman–Crippen LogP) is -0.490. The van der Waals surface area contributed by atoms with Gasteiger partial charge in [0.2, 0.25) is 10.0 Å². The first-order valence-electron chi connectivity index (χ1n) is 5.27. The minimum atomic E-state index is -4.24. The number of carbonyl (C=O) groups is 1. The van der Waals surface area contributed by atoms with Crippen LogP contribution < -0.4 is 4.72 Å². The molecule has 9 heteroatoms. The summed E-state index contributed by atoms with van der Waals surface area (Å²) in [5.41, 5.74) is -0.646. The number of methoxy groups -OCH3 is 1. The number of carbonyl (C=O) groups excluding carboxylic acids is 1. The van der Waals surface area contributed by atoms with Gasteiger partial charge in [0.15, 0.2) is 6.10 Å². The van der Waals surface area contributed by atoms with Gasteiger partial charge in [0.25, 0.3) is 0 Å². The third-order valence-electron chi connectivity index (χ3n) is 2.32. The van der Waals surface area contributed by atoms with E-state index in [1.807, 2.05) is 4.72 Å². The first-order valence-corrected chi connectivity index (χ1v) is 6.76. The molecule has 7 nitrogen and oxygen atoms in total. The molecule has 0 aliphatic heterocycles. The smallest absolute Gasteiger partial charge is 0.336 e. The highest BCUT2D eigenvalue weighted by atomic mass is 32.2. The van der Waals surface area contributed by atoms with Crippen LogP contribution in [-0.2, 0) is 19.6 Å². The molecular weight excluding hydrogens is 291 g/mol. The fourth-order valence-corrected chi connectivity index (χ4v) is 2.52. The summed E-state index contributed by atoms with van der Waals surface area (Å²) in [6.07, 6.45) is -1.70. The van der Waals surface area contributed by atoms with Crippen molar-refractivity contribution in [1.82, 2.24) is 4.72 Å². The van der Waals surface area contributed by atoms with Crippen LogP contribution in [0.4, 0.5) is 4.39 Å². The second-order valence-electron chi connectivity index (χ2n) is 3.62. The molecule has 1 rings (SSSR count). The normalized spacial score (nSPS) is 12.5. The summed E-state index contributed by atoms with van der Waals surface area (Å²) < 4.78 is 43.2. The Hall–Kier alpha value is -2.02. The third kappa shape index (κ3) is 3.51. The summed E-state index contributed by atoms with van der Waals surface area (Å²) in [6.45, 7) is -0.656. The number of sulfonamides is 1. The van der Waals surface area contributed by atoms with Crippen molar-refractivity contribution in [2.24, 2.45) is 0 Å². The summed E-state index contributed by atoms with van der Waals surface area (Å²) in [5.74, 6) is -2.00. The molecule has 0 aromatic heterocycles. The molecule has 0 spiro atoms. The van der Waals surface area contributed by atoms with Gasteiger partial charge in [-0.2, -0.15) is 5.26 Å². The van der Waals surface area contributed by atoms with E-state index < -0.39 is 44.9 Å². The van der Waals surface area contributed by atoms with Gasteiger partial charge in [0, 0.05) is 6.54 Å². The average Bonchev–Trinajstić information content (AvgIpc) is 2.43. The molecule has 1 aromatic carbocycles. The minimum absolute atomic E-state index is 0.572. The Bertz CT molecular complexity index is 653. The number of hydrogen-bond donors (Lipinski definition) is 2. The van der Waals surface area contributed by atoms with Crippen LogP contribution in [0.25, 0.3) is 0 Å². The molecule has 0 aliphatic rings. The molecular formula is C11H11FN2O5S. The van der Waals surface area contributed by atoms with E-state index in [0.29, 0.717) is 0 Å². The highest BCUT2D eigenvalue weighted by molar-refractivity contribution is 7.89. The number of nitrogens with one attached hydrogen (secondary N) is 1. The molecule has 2 N–H and O–H groups in total. The number of aliphatic hydroxyl groups excluding tert-OH is 1. The zero-order valence-electron chi connectivity index (χ0n) is 10.3. The fraction of sp³-hybridized carbons (Fsp3) is 0.273. The number of rotatable bonds is 5. The first kappa shape index (κ1) is 16.0. The summed E-state index contributed by atoms with van der Waals surface area (Å²) in [5, 5.41) is 18.0. The molecule has 1 unspecified atom stereocenters. The largest absolute Gasteiger partial charge is 0.467 e. The van der Waals surface area contributed by atoms with Gasteiger partial charge in [-0.05, 0) is 12.1 Å². The Morgan fingerprint density at radius 3 is 2.80 bits per heavy atom. The monoisotopic (exact) mass is 302 g/mol. The number of hydrogen-bond acceptors (Lipinski definition) is 6. The van der Waals surface area contributed by atoms with Crippen molar-refractivity contribution >= 4 is 16.0 Å². The molecule has 0 radical (unpaired) electrons. The van der Waals surface area contributed by atoms with Crippen LogP contribution in [0.5, 0.6) is 0 Å². The Kier molecular flexibility index (Phi) is 5.15. The number of aliphatic hydroxyl groups is 1. The van der Waals surface area contributed by atoms with Crippen LogP contribution in [0.3, 0.4) is 0 Å². The van der Waals surface area contributed by atoms with Gasteiger partial charge in [-0.3, -0.25) is 0 Å². The lowest BCUT2D eigenvalue weighted by Gasteiger charge is -2.11. The van der Waals surface area contributed by atoms with Crippen LogP contribution >= 0.6 is 0 Å². The minimum Gasteiger partial charge on any atom is -0.467 e. The van der Waals surface area contributed by atoms with Gasteiger partial charge in [0.05, 0.1) is 7.11 Å². The van der Waals surface area contributed by atoms with Crippen molar-refractivity contribution in [3.05, 3.63) is 29.6 Å². The van der Waals surface area contributed by atoms with Crippen LogP contribution in [0.2, 0.25) is 0 Å². The van der Waals surface area contributed by atoms with E-state index in [0.717, 1.165) is 25.3 Å². The van der Waals surface area contributed by atoms with Crippen molar-refractivity contribution in [3.8, 4) is 6.07 Å². The second kappa shape index (κ2) is 6.42. The first-order chi connectivity index (χ1) is 9.33. The fourth-order valence-electron chi connectivity index (χ4n) is 1.32. The standard InChI is InChI=1S/C11H11FN2O5S/c1-19-11(16)9(15)6-14-20(17,18)10-4-2-3-8(12)7(10)5-13/h2-4,9,14-15H,6H2,1H3. The highest BCUT2D eigenvalue weighted by Gasteiger charge is 2.24. The van der Waals surface area contributed by atoms with Gasteiger partial charge in [-0.1, -0.05) is 6.07 Å². The number of benzene rings is 1. The van der Waals surface area contributed by atoms with E-state index in [9.17, 15) is 22.7 Å². The Labute approximate surface area is 114 Å². The molecule has 108 valence electrons. The average molecular weight is 302 g/mol. The van der Waals surface area contributed by atoms with Crippen molar-refractivity contribution in [2.75, 3.05) is 13.7 Å². The molecule has 20 heavy (non-hydrogen) atoms. The van der Waals surface area contributed by atoms with Gasteiger partial charge < -0.3 is 9.84 Å². The van der Waals surface area contributed by atoms with E-state index in [4.69, 9.17) is 5.26 Å².